The number of halogens is 3. The summed E-state index contributed by atoms with van der Waals surface area (Å²) in [5.41, 5.74) is 0.591. The van der Waals surface area contributed by atoms with Gasteiger partial charge in [-0.05, 0) is 17.7 Å². The van der Waals surface area contributed by atoms with Gasteiger partial charge in [-0.15, -0.1) is 0 Å². The van der Waals surface area contributed by atoms with Gasteiger partial charge in [-0.1, -0.05) is 48.5 Å². The molecule has 0 unspecified atom stereocenters. The minimum absolute atomic E-state index is 0.160. The number of nitrogens with one attached hydrogen (secondary N) is 2. The van der Waals surface area contributed by atoms with Crippen LogP contribution in [0.4, 0.5) is 13.2 Å². The van der Waals surface area contributed by atoms with E-state index in [4.69, 9.17) is 0 Å². The van der Waals surface area contributed by atoms with Crippen molar-refractivity contribution in [3.05, 3.63) is 66.2 Å². The van der Waals surface area contributed by atoms with Crippen molar-refractivity contribution in [2.45, 2.75) is 17.6 Å². The zero-order chi connectivity index (χ0) is 16.9. The fourth-order valence-electron chi connectivity index (χ4n) is 1.77. The van der Waals surface area contributed by atoms with Crippen LogP contribution in [0, 0.1) is 0 Å². The van der Waals surface area contributed by atoms with Crippen LogP contribution in [0.15, 0.2) is 65.6 Å². The van der Waals surface area contributed by atoms with E-state index < -0.39 is 22.0 Å². The van der Waals surface area contributed by atoms with Crippen LogP contribution in [0.25, 0.3) is 0 Å². The highest BCUT2D eigenvalue weighted by atomic mass is 32.2. The first-order chi connectivity index (χ1) is 10.8. The normalized spacial score (nSPS) is 12.9. The van der Waals surface area contributed by atoms with Crippen LogP contribution in [-0.4, -0.2) is 20.4 Å². The van der Waals surface area contributed by atoms with Crippen molar-refractivity contribution in [1.82, 2.24) is 4.72 Å². The molecule has 122 valence electrons. The second kappa shape index (κ2) is 6.82. The summed E-state index contributed by atoms with van der Waals surface area (Å²) in [6, 6.07) is 15.2. The third kappa shape index (κ3) is 4.82. The van der Waals surface area contributed by atoms with Gasteiger partial charge in [0.1, 0.15) is 11.4 Å². The molecule has 0 saturated heterocycles. The average Bonchev–Trinajstić information content (AvgIpc) is 2.52. The van der Waals surface area contributed by atoms with Crippen molar-refractivity contribution in [1.29, 1.82) is 0 Å². The minimum Gasteiger partial charge on any atom is -0.265 e. The summed E-state index contributed by atoms with van der Waals surface area (Å²) in [6.45, 7) is -0.160. The van der Waals surface area contributed by atoms with Gasteiger partial charge in [0.05, 0.1) is 0 Å². The molecule has 23 heavy (non-hydrogen) atoms. The van der Waals surface area contributed by atoms with Crippen LogP contribution in [-0.2, 0) is 16.6 Å². The maximum absolute atomic E-state index is 13.0. The Labute approximate surface area is 131 Å². The molecule has 0 aliphatic rings. The van der Waals surface area contributed by atoms with Crippen LogP contribution in [0.1, 0.15) is 5.56 Å². The Morgan fingerprint density at radius 2 is 1.48 bits per heavy atom. The first-order valence-corrected chi connectivity index (χ1v) is 8.07. The highest BCUT2D eigenvalue weighted by Gasteiger charge is 2.45. The first-order valence-electron chi connectivity index (χ1n) is 6.59. The Bertz CT molecular complexity index is 773. The predicted octanol–water partition coefficient (Wildman–Crippen LogP) is 1.21. The number of sulfonamides is 1. The third-order valence-electron chi connectivity index (χ3n) is 2.89. The Balaban J connectivity index is 2.26. The molecule has 2 aromatic rings. The average molecular weight is 343 g/mol. The molecule has 0 aliphatic heterocycles. The molecule has 2 aromatic carbocycles. The monoisotopic (exact) mass is 343 g/mol. The molecule has 0 aliphatic carbocycles. The van der Waals surface area contributed by atoms with Crippen molar-refractivity contribution in [3.8, 4) is 0 Å². The fraction of sp³-hybridized carbons (Fsp3) is 0.133. The number of hydrogen-bond acceptors (Lipinski definition) is 2. The lowest BCUT2D eigenvalue weighted by molar-refractivity contribution is -0.485. The Morgan fingerprint density at radius 1 is 0.957 bits per heavy atom. The van der Waals surface area contributed by atoms with Gasteiger partial charge in [0.25, 0.3) is 0 Å². The van der Waals surface area contributed by atoms with Gasteiger partial charge in [-0.2, -0.15) is 26.3 Å². The lowest BCUT2D eigenvalue weighted by Crippen LogP contribution is -2.78. The molecule has 0 spiro atoms. The lowest BCUT2D eigenvalue weighted by atomic mass is 10.2. The van der Waals surface area contributed by atoms with E-state index in [1.54, 1.807) is 41.1 Å². The zero-order valence-corrected chi connectivity index (χ0v) is 12.7. The molecule has 0 bridgehead atoms. The fourth-order valence-corrected chi connectivity index (χ4v) is 2.86. The van der Waals surface area contributed by atoms with Gasteiger partial charge in [0, 0.05) is 0 Å². The Kier molecular flexibility index (Phi) is 5.05. The van der Waals surface area contributed by atoms with Crippen molar-refractivity contribution in [2.75, 3.05) is 0 Å². The topological polar surface area (TPSA) is 60.1 Å². The molecule has 0 aromatic heterocycles. The predicted molar refractivity (Wildman–Crippen MR) is 78.9 cm³/mol. The van der Waals surface area contributed by atoms with Gasteiger partial charge in [-0.3, -0.25) is 4.99 Å². The van der Waals surface area contributed by atoms with E-state index in [-0.39, 0.29) is 11.4 Å². The zero-order valence-electron chi connectivity index (χ0n) is 11.8. The van der Waals surface area contributed by atoms with E-state index in [0.29, 0.717) is 5.56 Å². The van der Waals surface area contributed by atoms with Crippen molar-refractivity contribution in [3.63, 3.8) is 0 Å². The summed E-state index contributed by atoms with van der Waals surface area (Å²) in [6.07, 6.45) is -4.85. The molecule has 4 nitrogen and oxygen atoms in total. The standard InChI is InChI=1S/C15H13F3N2O2S/c16-15(17,18)14(19-11-12-7-3-1-4-8-12)20-23(21,22)13-9-5-2-6-10-13/h1-10H,11H2,(H,19,20)/p+1. The number of amidine groups is 1. The summed E-state index contributed by atoms with van der Waals surface area (Å²) in [4.78, 5) is 1.86. The third-order valence-corrected chi connectivity index (χ3v) is 4.25. The Morgan fingerprint density at radius 3 is 2.00 bits per heavy atom. The molecular weight excluding hydrogens is 329 g/mol. The second-order valence-electron chi connectivity index (χ2n) is 4.63. The van der Waals surface area contributed by atoms with Gasteiger partial charge in [-0.25, -0.2) is 0 Å². The highest BCUT2D eigenvalue weighted by molar-refractivity contribution is 7.90. The van der Waals surface area contributed by atoms with E-state index >= 15 is 0 Å². The summed E-state index contributed by atoms with van der Waals surface area (Å²) in [7, 11) is -4.32. The summed E-state index contributed by atoms with van der Waals surface area (Å²) in [5.74, 6) is -1.43. The lowest BCUT2D eigenvalue weighted by Gasteiger charge is -2.07. The summed E-state index contributed by atoms with van der Waals surface area (Å²) in [5, 5.41) is 0. The molecule has 0 fully saturated rings. The van der Waals surface area contributed by atoms with Gasteiger partial charge in [0.15, 0.2) is 0 Å². The smallest absolute Gasteiger partial charge is 0.265 e. The number of hydrogen-bond donors (Lipinski definition) is 2. The molecule has 2 rings (SSSR count). The van der Waals surface area contributed by atoms with Crippen molar-refractivity contribution in [2.24, 2.45) is 0 Å². The molecule has 0 radical (unpaired) electrons. The van der Waals surface area contributed by atoms with Crippen LogP contribution >= 0.6 is 0 Å². The maximum Gasteiger partial charge on any atom is 0.495 e. The molecule has 0 atom stereocenters. The number of benzene rings is 2. The number of alkyl halides is 3. The largest absolute Gasteiger partial charge is 0.495 e. The molecule has 0 heterocycles. The van der Waals surface area contributed by atoms with E-state index in [9.17, 15) is 21.6 Å². The van der Waals surface area contributed by atoms with Gasteiger partial charge >= 0.3 is 22.0 Å². The van der Waals surface area contributed by atoms with E-state index in [1.165, 1.54) is 24.3 Å². The second-order valence-corrected chi connectivity index (χ2v) is 6.31. The van der Waals surface area contributed by atoms with Crippen LogP contribution in [0.2, 0.25) is 0 Å². The maximum atomic E-state index is 13.0. The molecular formula is C15H14F3N2O2S+. The van der Waals surface area contributed by atoms with Crippen LogP contribution in [0.3, 0.4) is 0 Å². The van der Waals surface area contributed by atoms with E-state index in [0.717, 1.165) is 0 Å². The van der Waals surface area contributed by atoms with E-state index in [1.807, 2.05) is 0 Å². The quantitative estimate of drug-likeness (QED) is 0.648. The SMILES string of the molecule is O=S(=O)(NC(=[NH+]Cc1ccccc1)C(F)(F)F)c1ccccc1. The molecule has 0 amide bonds. The Hall–Kier alpha value is -2.35. The highest BCUT2D eigenvalue weighted by Crippen LogP contribution is 2.15. The van der Waals surface area contributed by atoms with Crippen molar-refractivity contribution < 1.29 is 26.6 Å². The molecule has 8 heteroatoms. The molecule has 0 saturated carbocycles. The molecule has 2 N–H and O–H groups in total. The first kappa shape index (κ1) is 17.0. The van der Waals surface area contributed by atoms with E-state index in [2.05, 4.69) is 4.99 Å². The minimum atomic E-state index is -4.85. The summed E-state index contributed by atoms with van der Waals surface area (Å²) < 4.78 is 64.8. The van der Waals surface area contributed by atoms with Crippen LogP contribution in [0.5, 0.6) is 0 Å². The van der Waals surface area contributed by atoms with Crippen molar-refractivity contribution >= 4 is 15.9 Å². The summed E-state index contributed by atoms with van der Waals surface area (Å²) >= 11 is 0. The van der Waals surface area contributed by atoms with Gasteiger partial charge < -0.3 is 0 Å². The van der Waals surface area contributed by atoms with Gasteiger partial charge in [0.2, 0.25) is 0 Å². The number of rotatable bonds is 4. The van der Waals surface area contributed by atoms with Crippen LogP contribution < -0.4 is 9.71 Å².